The van der Waals surface area contributed by atoms with Crippen LogP contribution < -0.4 is 0 Å². The van der Waals surface area contributed by atoms with Crippen molar-refractivity contribution in [3.8, 4) is 0 Å². The third-order valence-electron chi connectivity index (χ3n) is 3.08. The van der Waals surface area contributed by atoms with Crippen molar-refractivity contribution in [1.82, 2.24) is 4.90 Å². The maximum atomic E-state index is 12.0. The number of benzene rings is 1. The Kier molecular flexibility index (Phi) is 4.34. The molecule has 0 bridgehead atoms. The van der Waals surface area contributed by atoms with Crippen molar-refractivity contribution in [3.05, 3.63) is 29.8 Å². The zero-order valence-electron chi connectivity index (χ0n) is 10.8. The number of rotatable bonds is 4. The van der Waals surface area contributed by atoms with E-state index >= 15 is 0 Å². The Balaban J connectivity index is 2.03. The first-order valence-corrected chi connectivity index (χ1v) is 7.99. The molecule has 6 heteroatoms. The molecule has 104 valence electrons. The van der Waals surface area contributed by atoms with Crippen LogP contribution in [-0.2, 0) is 14.6 Å². The van der Waals surface area contributed by atoms with Crippen LogP contribution >= 0.6 is 0 Å². The largest absolute Gasteiger partial charge is 0.379 e. The van der Waals surface area contributed by atoms with E-state index in [2.05, 4.69) is 0 Å². The second kappa shape index (κ2) is 5.81. The molecule has 1 fully saturated rings. The Morgan fingerprint density at radius 2 is 1.79 bits per heavy atom. The average Bonchev–Trinajstić information content (AvgIpc) is 2.39. The summed E-state index contributed by atoms with van der Waals surface area (Å²) in [7, 11) is -3.21. The second-order valence-corrected chi connectivity index (χ2v) is 6.62. The summed E-state index contributed by atoms with van der Waals surface area (Å²) in [5.41, 5.74) is 0.541. The molecule has 0 atom stereocenters. The first kappa shape index (κ1) is 14.2. The zero-order valence-corrected chi connectivity index (χ0v) is 11.6. The highest BCUT2D eigenvalue weighted by atomic mass is 32.2. The average molecular weight is 283 g/mol. The summed E-state index contributed by atoms with van der Waals surface area (Å²) in [5, 5.41) is 0. The van der Waals surface area contributed by atoms with Gasteiger partial charge in [0.05, 0.1) is 24.7 Å². The van der Waals surface area contributed by atoms with Crippen LogP contribution in [0.4, 0.5) is 0 Å². The Morgan fingerprint density at radius 1 is 1.21 bits per heavy atom. The van der Waals surface area contributed by atoms with E-state index in [0.29, 0.717) is 25.3 Å². The first-order chi connectivity index (χ1) is 8.97. The fourth-order valence-corrected chi connectivity index (χ4v) is 2.57. The predicted octanol–water partition coefficient (Wildman–Crippen LogP) is 0.605. The van der Waals surface area contributed by atoms with E-state index in [1.807, 2.05) is 4.90 Å². The van der Waals surface area contributed by atoms with Gasteiger partial charge < -0.3 is 4.74 Å². The van der Waals surface area contributed by atoms with E-state index in [0.717, 1.165) is 19.3 Å². The third-order valence-corrected chi connectivity index (χ3v) is 4.20. The Hall–Kier alpha value is -1.24. The van der Waals surface area contributed by atoms with Crippen molar-refractivity contribution in [2.75, 3.05) is 39.1 Å². The van der Waals surface area contributed by atoms with Gasteiger partial charge >= 0.3 is 0 Å². The van der Waals surface area contributed by atoms with Gasteiger partial charge in [-0.05, 0) is 12.1 Å². The van der Waals surface area contributed by atoms with Crippen LogP contribution in [0.1, 0.15) is 10.4 Å². The van der Waals surface area contributed by atoms with Gasteiger partial charge in [0, 0.05) is 24.9 Å². The number of ether oxygens (including phenoxy) is 1. The van der Waals surface area contributed by atoms with Gasteiger partial charge in [-0.1, -0.05) is 12.1 Å². The number of carbonyl (C=O) groups excluding carboxylic acids is 1. The van der Waals surface area contributed by atoms with Gasteiger partial charge in [-0.2, -0.15) is 0 Å². The number of morpholine rings is 1. The molecule has 1 heterocycles. The molecule has 1 aromatic rings. The van der Waals surface area contributed by atoms with Gasteiger partial charge in [0.25, 0.3) is 0 Å². The number of carbonyl (C=O) groups is 1. The molecule has 1 saturated heterocycles. The van der Waals surface area contributed by atoms with E-state index in [1.54, 1.807) is 12.1 Å². The minimum atomic E-state index is -3.21. The fraction of sp³-hybridized carbons (Fsp3) is 0.462. The van der Waals surface area contributed by atoms with Crippen LogP contribution in [0.15, 0.2) is 29.2 Å². The molecule has 0 amide bonds. The van der Waals surface area contributed by atoms with E-state index < -0.39 is 9.84 Å². The lowest BCUT2D eigenvalue weighted by molar-refractivity contribution is 0.0371. The highest BCUT2D eigenvalue weighted by molar-refractivity contribution is 7.90. The van der Waals surface area contributed by atoms with Gasteiger partial charge in [-0.25, -0.2) is 8.42 Å². The van der Waals surface area contributed by atoms with Crippen molar-refractivity contribution in [2.24, 2.45) is 0 Å². The quantitative estimate of drug-likeness (QED) is 0.757. The van der Waals surface area contributed by atoms with Gasteiger partial charge in [0.15, 0.2) is 15.6 Å². The number of Topliss-reactive ketones (excluding diaryl/α,β-unsaturated/α-hetero) is 1. The molecule has 0 N–H and O–H groups in total. The summed E-state index contributed by atoms with van der Waals surface area (Å²) in [6, 6.07) is 6.09. The summed E-state index contributed by atoms with van der Waals surface area (Å²) in [6.07, 6.45) is 1.15. The minimum absolute atomic E-state index is 0.00181. The normalized spacial score (nSPS) is 17.3. The summed E-state index contributed by atoms with van der Waals surface area (Å²) in [6.45, 7) is 3.17. The van der Waals surface area contributed by atoms with Gasteiger partial charge in [0.1, 0.15) is 0 Å². The van der Waals surface area contributed by atoms with Crippen LogP contribution in [0, 0.1) is 0 Å². The van der Waals surface area contributed by atoms with Crippen molar-refractivity contribution < 1.29 is 17.9 Å². The van der Waals surface area contributed by atoms with Crippen molar-refractivity contribution in [1.29, 1.82) is 0 Å². The highest BCUT2D eigenvalue weighted by Crippen LogP contribution is 2.11. The Morgan fingerprint density at radius 3 is 2.32 bits per heavy atom. The monoisotopic (exact) mass is 283 g/mol. The molecule has 2 rings (SSSR count). The maximum Gasteiger partial charge on any atom is 0.176 e. The lowest BCUT2D eigenvalue weighted by atomic mass is 10.1. The van der Waals surface area contributed by atoms with Crippen LogP contribution in [0.2, 0.25) is 0 Å². The predicted molar refractivity (Wildman–Crippen MR) is 71.1 cm³/mol. The number of hydrogen-bond acceptors (Lipinski definition) is 5. The number of sulfone groups is 1. The summed E-state index contributed by atoms with van der Waals surface area (Å²) >= 11 is 0. The third kappa shape index (κ3) is 3.86. The number of hydrogen-bond donors (Lipinski definition) is 0. The summed E-state index contributed by atoms with van der Waals surface area (Å²) < 4.78 is 27.9. The van der Waals surface area contributed by atoms with Gasteiger partial charge in [-0.15, -0.1) is 0 Å². The first-order valence-electron chi connectivity index (χ1n) is 6.10. The van der Waals surface area contributed by atoms with Crippen LogP contribution in [-0.4, -0.2) is 58.2 Å². The molecule has 19 heavy (non-hydrogen) atoms. The SMILES string of the molecule is CS(=O)(=O)c1ccc(C(=O)CN2CCOCC2)cc1. The Bertz CT molecular complexity index is 545. The molecular formula is C13H17NO4S. The second-order valence-electron chi connectivity index (χ2n) is 4.61. The molecule has 0 aromatic heterocycles. The van der Waals surface area contributed by atoms with E-state index in [9.17, 15) is 13.2 Å². The van der Waals surface area contributed by atoms with Crippen molar-refractivity contribution in [2.45, 2.75) is 4.90 Å². The van der Waals surface area contributed by atoms with Crippen LogP contribution in [0.25, 0.3) is 0 Å². The highest BCUT2D eigenvalue weighted by Gasteiger charge is 2.16. The van der Waals surface area contributed by atoms with Gasteiger partial charge in [-0.3, -0.25) is 9.69 Å². The molecular weight excluding hydrogens is 266 g/mol. The Labute approximate surface area is 113 Å². The lowest BCUT2D eigenvalue weighted by Gasteiger charge is -2.25. The topological polar surface area (TPSA) is 63.7 Å². The lowest BCUT2D eigenvalue weighted by Crippen LogP contribution is -2.39. The molecule has 0 spiro atoms. The van der Waals surface area contributed by atoms with Gasteiger partial charge in [0.2, 0.25) is 0 Å². The number of ketones is 1. The van der Waals surface area contributed by atoms with E-state index in [-0.39, 0.29) is 10.7 Å². The molecule has 5 nitrogen and oxygen atoms in total. The van der Waals surface area contributed by atoms with Crippen LogP contribution in [0.3, 0.4) is 0 Å². The summed E-state index contributed by atoms with van der Waals surface area (Å²) in [5.74, 6) is 0.00181. The van der Waals surface area contributed by atoms with E-state index in [4.69, 9.17) is 4.74 Å². The molecule has 0 saturated carbocycles. The fourth-order valence-electron chi connectivity index (χ4n) is 1.94. The van der Waals surface area contributed by atoms with Crippen molar-refractivity contribution >= 4 is 15.6 Å². The molecule has 1 aliphatic heterocycles. The smallest absolute Gasteiger partial charge is 0.176 e. The van der Waals surface area contributed by atoms with Crippen molar-refractivity contribution in [3.63, 3.8) is 0 Å². The standard InChI is InChI=1S/C13H17NO4S/c1-19(16,17)12-4-2-11(3-5-12)13(15)10-14-6-8-18-9-7-14/h2-5H,6-10H2,1H3. The summed E-state index contributed by atoms with van der Waals surface area (Å²) in [4.78, 5) is 14.3. The molecule has 0 radical (unpaired) electrons. The van der Waals surface area contributed by atoms with E-state index in [1.165, 1.54) is 12.1 Å². The minimum Gasteiger partial charge on any atom is -0.379 e. The number of nitrogens with zero attached hydrogens (tertiary/aromatic N) is 1. The zero-order chi connectivity index (χ0) is 13.9. The molecule has 0 aliphatic carbocycles. The van der Waals surface area contributed by atoms with Crippen LogP contribution in [0.5, 0.6) is 0 Å². The molecule has 0 unspecified atom stereocenters. The molecule has 1 aromatic carbocycles. The maximum absolute atomic E-state index is 12.0. The molecule has 1 aliphatic rings.